The number of anilines is 1. The van der Waals surface area contributed by atoms with Gasteiger partial charge in [-0.05, 0) is 56.2 Å². The van der Waals surface area contributed by atoms with Gasteiger partial charge in [0, 0.05) is 70.9 Å². The van der Waals surface area contributed by atoms with Crippen LogP contribution in [0.5, 0.6) is 5.75 Å². The molecule has 1 aliphatic heterocycles. The largest absolute Gasteiger partial charge is 0.493 e. The molecule has 4 rings (SSSR count). The van der Waals surface area contributed by atoms with E-state index in [1.54, 1.807) is 0 Å². The van der Waals surface area contributed by atoms with E-state index < -0.39 is 5.97 Å². The van der Waals surface area contributed by atoms with Crippen molar-refractivity contribution in [1.82, 2.24) is 4.98 Å². The van der Waals surface area contributed by atoms with E-state index in [0.29, 0.717) is 30.5 Å². The second-order valence-corrected chi connectivity index (χ2v) is 8.05. The van der Waals surface area contributed by atoms with E-state index in [9.17, 15) is 4.79 Å². The maximum atomic E-state index is 11.0. The minimum atomic E-state index is -0.777. The molecule has 0 spiro atoms. The molecule has 1 N–H and O–H groups in total. The summed E-state index contributed by atoms with van der Waals surface area (Å²) in [5.74, 6) is 1.44. The molecular weight excluding hydrogens is 439 g/mol. The molecule has 0 saturated carbocycles. The van der Waals surface area contributed by atoms with E-state index in [-0.39, 0.29) is 36.0 Å². The molecule has 0 amide bonds. The number of benzene rings is 2. The van der Waals surface area contributed by atoms with E-state index in [0.717, 1.165) is 53.4 Å². The molecule has 2 heterocycles. The molecule has 1 aromatic heterocycles. The van der Waals surface area contributed by atoms with Crippen LogP contribution in [-0.2, 0) is 17.6 Å². The van der Waals surface area contributed by atoms with E-state index in [4.69, 9.17) is 25.9 Å². The van der Waals surface area contributed by atoms with Crippen molar-refractivity contribution in [2.24, 2.45) is 0 Å². The van der Waals surface area contributed by atoms with Gasteiger partial charge in [-0.25, -0.2) is 4.98 Å². The fourth-order valence-corrected chi connectivity index (χ4v) is 4.03. The van der Waals surface area contributed by atoms with Crippen LogP contribution in [0, 0.1) is 6.92 Å². The number of hydrogen-bond donors (Lipinski definition) is 1. The van der Waals surface area contributed by atoms with Gasteiger partial charge in [0.2, 0.25) is 5.89 Å². The Labute approximate surface area is 214 Å². The number of carboxylic acid groups (broad SMARTS) is 1. The van der Waals surface area contributed by atoms with Crippen molar-refractivity contribution >= 4 is 52.8 Å². The number of aryl methyl sites for hydroxylation is 1. The number of halogens is 1. The summed E-state index contributed by atoms with van der Waals surface area (Å²) in [6.45, 7) is 3.78. The molecule has 0 fully saturated rings. The second kappa shape index (κ2) is 11.2. The van der Waals surface area contributed by atoms with Gasteiger partial charge in [-0.2, -0.15) is 0 Å². The monoisotopic (exact) mass is 463 g/mol. The third-order valence-corrected chi connectivity index (χ3v) is 5.73. The van der Waals surface area contributed by atoms with Crippen molar-refractivity contribution in [2.75, 3.05) is 24.6 Å². The number of rotatable bonds is 8. The first-order valence-corrected chi connectivity index (χ1v) is 10.8. The first kappa shape index (κ1) is 24.6. The van der Waals surface area contributed by atoms with Crippen LogP contribution in [0.3, 0.4) is 0 Å². The van der Waals surface area contributed by atoms with Crippen LogP contribution in [0.25, 0.3) is 11.5 Å². The van der Waals surface area contributed by atoms with E-state index in [1.807, 2.05) is 49.4 Å². The van der Waals surface area contributed by atoms with E-state index in [2.05, 4.69) is 9.88 Å². The number of carbonyl (C=O) groups is 1. The molecule has 32 heavy (non-hydrogen) atoms. The molecule has 8 heteroatoms. The van der Waals surface area contributed by atoms with Gasteiger partial charge in [-0.1, -0.05) is 17.7 Å². The molecule has 0 saturated heterocycles. The first-order valence-electron chi connectivity index (χ1n) is 10.4. The second-order valence-electron chi connectivity index (χ2n) is 7.62. The van der Waals surface area contributed by atoms with Gasteiger partial charge in [0.15, 0.2) is 0 Å². The van der Waals surface area contributed by atoms with Crippen LogP contribution < -0.4 is 9.64 Å². The quantitative estimate of drug-likeness (QED) is 0.485. The Morgan fingerprint density at radius 2 is 2.03 bits per heavy atom. The Bertz CT molecular complexity index is 1070. The number of nitrogens with zero attached hydrogens (tertiary/aromatic N) is 2. The summed E-state index contributed by atoms with van der Waals surface area (Å²) < 4.78 is 12.0. The molecule has 0 atom stereocenters. The van der Waals surface area contributed by atoms with E-state index in [1.165, 1.54) is 0 Å². The van der Waals surface area contributed by atoms with Crippen molar-refractivity contribution in [3.63, 3.8) is 0 Å². The van der Waals surface area contributed by atoms with Crippen LogP contribution >= 0.6 is 11.6 Å². The zero-order valence-corrected chi connectivity index (χ0v) is 21.2. The molecule has 0 bridgehead atoms. The van der Waals surface area contributed by atoms with Crippen molar-refractivity contribution < 1.29 is 19.1 Å². The Kier molecular flexibility index (Phi) is 8.65. The van der Waals surface area contributed by atoms with Gasteiger partial charge in [0.25, 0.3) is 0 Å². The van der Waals surface area contributed by atoms with E-state index >= 15 is 0 Å². The van der Waals surface area contributed by atoms with Crippen LogP contribution in [0.2, 0.25) is 5.02 Å². The SMILES string of the molecule is Cc1oc(-c2ccc(Cl)cc2)nc1CCOc1cccc2c1CCCN2CCC(=O)O.[Na]. The molecule has 0 aliphatic carbocycles. The Morgan fingerprint density at radius 3 is 2.78 bits per heavy atom. The fourth-order valence-electron chi connectivity index (χ4n) is 3.90. The number of hydrogen-bond acceptors (Lipinski definition) is 5. The van der Waals surface area contributed by atoms with Gasteiger partial charge >= 0.3 is 5.97 Å². The third-order valence-electron chi connectivity index (χ3n) is 5.48. The van der Waals surface area contributed by atoms with Crippen molar-refractivity contribution in [1.29, 1.82) is 0 Å². The average molecular weight is 464 g/mol. The first-order chi connectivity index (χ1) is 15.0. The Morgan fingerprint density at radius 1 is 1.25 bits per heavy atom. The van der Waals surface area contributed by atoms with Crippen molar-refractivity contribution in [3.05, 3.63) is 64.5 Å². The molecule has 2 aromatic carbocycles. The summed E-state index contributed by atoms with van der Waals surface area (Å²) in [5, 5.41) is 9.68. The topological polar surface area (TPSA) is 75.8 Å². The molecule has 1 aliphatic rings. The standard InChI is InChI=1S/C24H25ClN2O4.Na/c1-16-20(26-24(31-16)17-7-9-18(25)10-8-17)12-15-30-22-6-2-5-21-19(22)4-3-13-27(21)14-11-23(28)29;/h2,5-10H,3-4,11-15H2,1H3,(H,28,29);. The molecule has 163 valence electrons. The smallest absolute Gasteiger partial charge is 0.305 e. The Hall–Kier alpha value is -1.99. The van der Waals surface area contributed by atoms with Gasteiger partial charge in [0.1, 0.15) is 11.5 Å². The number of aromatic nitrogens is 1. The summed E-state index contributed by atoms with van der Waals surface area (Å²) >= 11 is 5.96. The summed E-state index contributed by atoms with van der Waals surface area (Å²) in [6, 6.07) is 13.4. The van der Waals surface area contributed by atoms with Crippen molar-refractivity contribution in [3.8, 4) is 17.2 Å². The summed E-state index contributed by atoms with van der Waals surface area (Å²) in [7, 11) is 0. The molecule has 3 aromatic rings. The molecular formula is C24H25ClN2NaO4. The molecule has 6 nitrogen and oxygen atoms in total. The minimum absolute atomic E-state index is 0. The van der Waals surface area contributed by atoms with Crippen LogP contribution in [-0.4, -0.2) is 65.3 Å². The average Bonchev–Trinajstić information content (AvgIpc) is 3.13. The maximum absolute atomic E-state index is 11.0. The fraction of sp³-hybridized carbons (Fsp3) is 0.333. The number of aliphatic carboxylic acids is 1. The minimum Gasteiger partial charge on any atom is -0.493 e. The van der Waals surface area contributed by atoms with Crippen LogP contribution in [0.1, 0.15) is 29.9 Å². The summed E-state index contributed by atoms with van der Waals surface area (Å²) in [5.41, 5.74) is 3.99. The normalized spacial score (nSPS) is 12.8. The Balaban J connectivity index is 0.00000289. The summed E-state index contributed by atoms with van der Waals surface area (Å²) in [4.78, 5) is 17.7. The van der Waals surface area contributed by atoms with Gasteiger partial charge in [0.05, 0.1) is 18.7 Å². The summed E-state index contributed by atoms with van der Waals surface area (Å²) in [6.07, 6.45) is 2.68. The van der Waals surface area contributed by atoms with Crippen LogP contribution in [0.15, 0.2) is 46.9 Å². The predicted octanol–water partition coefficient (Wildman–Crippen LogP) is 4.77. The van der Waals surface area contributed by atoms with Gasteiger partial charge < -0.3 is 19.2 Å². The number of fused-ring (bicyclic) bond motifs is 1. The predicted molar refractivity (Wildman–Crippen MR) is 126 cm³/mol. The molecule has 0 unspecified atom stereocenters. The van der Waals surface area contributed by atoms with Crippen LogP contribution in [0.4, 0.5) is 5.69 Å². The third kappa shape index (κ3) is 5.87. The zero-order chi connectivity index (χ0) is 21.8. The van der Waals surface area contributed by atoms with Crippen molar-refractivity contribution in [2.45, 2.75) is 32.6 Å². The number of oxazole rings is 1. The number of ether oxygens (including phenoxy) is 1. The number of carboxylic acids is 1. The van der Waals surface area contributed by atoms with Gasteiger partial charge in [-0.15, -0.1) is 0 Å². The maximum Gasteiger partial charge on any atom is 0.305 e. The molecule has 1 radical (unpaired) electrons. The zero-order valence-electron chi connectivity index (χ0n) is 18.4. The van der Waals surface area contributed by atoms with Gasteiger partial charge in [-0.3, -0.25) is 4.79 Å².